The standard InChI is InChI=1S/C25H21ClN2O3/c1-16-9-11-17(12-10-16)22-23(27(2)19-7-5-4-6-8-19)25(30)28(24(22)29)20-15-18(26)13-14-21(20)31-3/h4-15H,1-3H3. The molecule has 4 rings (SSSR count). The molecule has 0 radical (unpaired) electrons. The van der Waals surface area contributed by atoms with Gasteiger partial charge in [0, 0.05) is 17.8 Å². The second-order valence-electron chi connectivity index (χ2n) is 7.25. The van der Waals surface area contributed by atoms with E-state index in [-0.39, 0.29) is 0 Å². The van der Waals surface area contributed by atoms with Gasteiger partial charge < -0.3 is 9.64 Å². The van der Waals surface area contributed by atoms with E-state index in [1.54, 1.807) is 30.1 Å². The van der Waals surface area contributed by atoms with Gasteiger partial charge in [-0.05, 0) is 42.8 Å². The van der Waals surface area contributed by atoms with Gasteiger partial charge in [-0.1, -0.05) is 59.6 Å². The molecule has 6 heteroatoms. The Morgan fingerprint density at radius 1 is 0.903 bits per heavy atom. The van der Waals surface area contributed by atoms with E-state index in [0.717, 1.165) is 16.2 Å². The van der Waals surface area contributed by atoms with Crippen molar-refractivity contribution in [2.45, 2.75) is 6.92 Å². The lowest BCUT2D eigenvalue weighted by Gasteiger charge is -2.22. The molecule has 0 saturated heterocycles. The molecule has 156 valence electrons. The second-order valence-corrected chi connectivity index (χ2v) is 7.68. The Labute approximate surface area is 186 Å². The number of hydrogen-bond acceptors (Lipinski definition) is 4. The molecule has 0 fully saturated rings. The minimum atomic E-state index is -0.438. The number of hydrogen-bond donors (Lipinski definition) is 0. The van der Waals surface area contributed by atoms with Crippen molar-refractivity contribution in [3.8, 4) is 5.75 Å². The minimum Gasteiger partial charge on any atom is -0.495 e. The highest BCUT2D eigenvalue weighted by atomic mass is 35.5. The summed E-state index contributed by atoms with van der Waals surface area (Å²) in [6, 6.07) is 21.9. The number of benzene rings is 3. The van der Waals surface area contributed by atoms with E-state index in [2.05, 4.69) is 0 Å². The first-order chi connectivity index (χ1) is 14.9. The molecule has 0 saturated carbocycles. The Morgan fingerprint density at radius 3 is 2.23 bits per heavy atom. The largest absolute Gasteiger partial charge is 0.495 e. The van der Waals surface area contributed by atoms with Crippen LogP contribution in [0.2, 0.25) is 5.02 Å². The zero-order valence-electron chi connectivity index (χ0n) is 17.4. The van der Waals surface area contributed by atoms with Crippen molar-refractivity contribution < 1.29 is 14.3 Å². The Hall–Kier alpha value is -3.57. The molecule has 0 atom stereocenters. The van der Waals surface area contributed by atoms with Gasteiger partial charge in [0.15, 0.2) is 0 Å². The quantitative estimate of drug-likeness (QED) is 0.528. The van der Waals surface area contributed by atoms with Crippen LogP contribution in [0.5, 0.6) is 5.75 Å². The summed E-state index contributed by atoms with van der Waals surface area (Å²) >= 11 is 6.18. The molecule has 0 aliphatic carbocycles. The van der Waals surface area contributed by atoms with Crippen LogP contribution in [0.4, 0.5) is 11.4 Å². The highest BCUT2D eigenvalue weighted by Gasteiger charge is 2.43. The van der Waals surface area contributed by atoms with Gasteiger partial charge in [-0.2, -0.15) is 0 Å². The maximum absolute atomic E-state index is 13.7. The van der Waals surface area contributed by atoms with Crippen molar-refractivity contribution in [2.75, 3.05) is 24.0 Å². The van der Waals surface area contributed by atoms with Crippen molar-refractivity contribution in [1.29, 1.82) is 0 Å². The molecule has 0 bridgehead atoms. The molecule has 2 amide bonds. The van der Waals surface area contributed by atoms with Crippen LogP contribution in [0.3, 0.4) is 0 Å². The molecule has 1 aliphatic rings. The number of imide groups is 1. The van der Waals surface area contributed by atoms with Crippen LogP contribution in [-0.4, -0.2) is 26.0 Å². The third kappa shape index (κ3) is 3.68. The van der Waals surface area contributed by atoms with E-state index in [9.17, 15) is 9.59 Å². The predicted octanol–water partition coefficient (Wildman–Crippen LogP) is 5.08. The number of likely N-dealkylation sites (N-methyl/N-ethyl adjacent to an activating group) is 1. The number of aryl methyl sites for hydroxylation is 1. The van der Waals surface area contributed by atoms with Crippen LogP contribution in [-0.2, 0) is 9.59 Å². The molecule has 1 aliphatic heterocycles. The molecule has 1 heterocycles. The van der Waals surface area contributed by atoms with Crippen LogP contribution in [0, 0.1) is 6.92 Å². The minimum absolute atomic E-state index is 0.294. The lowest BCUT2D eigenvalue weighted by molar-refractivity contribution is -0.120. The van der Waals surface area contributed by atoms with Crippen molar-refractivity contribution in [3.63, 3.8) is 0 Å². The number of carbonyl (C=O) groups is 2. The fraction of sp³-hybridized carbons (Fsp3) is 0.120. The topological polar surface area (TPSA) is 49.9 Å². The van der Waals surface area contributed by atoms with Gasteiger partial charge in [-0.15, -0.1) is 0 Å². The number of methoxy groups -OCH3 is 1. The zero-order chi connectivity index (χ0) is 22.1. The Balaban J connectivity index is 1.91. The van der Waals surface area contributed by atoms with Crippen molar-refractivity contribution in [3.05, 3.63) is 94.6 Å². The molecule has 3 aromatic carbocycles. The van der Waals surface area contributed by atoms with Gasteiger partial charge in [0.05, 0.1) is 18.4 Å². The van der Waals surface area contributed by atoms with Crippen molar-refractivity contribution in [2.24, 2.45) is 0 Å². The van der Waals surface area contributed by atoms with Crippen LogP contribution >= 0.6 is 11.6 Å². The number of carbonyl (C=O) groups excluding carboxylic acids is 2. The third-order valence-corrected chi connectivity index (χ3v) is 5.50. The predicted molar refractivity (Wildman–Crippen MR) is 123 cm³/mol. The van der Waals surface area contributed by atoms with Crippen LogP contribution in [0.1, 0.15) is 11.1 Å². The Bertz CT molecular complexity index is 1190. The van der Waals surface area contributed by atoms with Crippen LogP contribution in [0.15, 0.2) is 78.5 Å². The summed E-state index contributed by atoms with van der Waals surface area (Å²) in [7, 11) is 3.27. The van der Waals surface area contributed by atoms with Gasteiger partial charge in [0.2, 0.25) is 0 Å². The third-order valence-electron chi connectivity index (χ3n) is 5.26. The molecule has 0 aromatic heterocycles. The first kappa shape index (κ1) is 20.7. The number of halogens is 1. The van der Waals surface area contributed by atoms with Gasteiger partial charge in [-0.3, -0.25) is 9.59 Å². The summed E-state index contributed by atoms with van der Waals surface area (Å²) in [4.78, 5) is 30.2. The van der Waals surface area contributed by atoms with E-state index >= 15 is 0 Å². The molecular formula is C25H21ClN2O3. The monoisotopic (exact) mass is 432 g/mol. The van der Waals surface area contributed by atoms with E-state index in [4.69, 9.17) is 16.3 Å². The zero-order valence-corrected chi connectivity index (χ0v) is 18.2. The molecule has 0 unspecified atom stereocenters. The maximum Gasteiger partial charge on any atom is 0.282 e. The van der Waals surface area contributed by atoms with E-state index in [1.807, 2.05) is 61.5 Å². The van der Waals surface area contributed by atoms with E-state index < -0.39 is 11.8 Å². The highest BCUT2D eigenvalue weighted by molar-refractivity contribution is 6.46. The molecule has 5 nitrogen and oxygen atoms in total. The number of anilines is 2. The fourth-order valence-electron chi connectivity index (χ4n) is 3.65. The van der Waals surface area contributed by atoms with Gasteiger partial charge in [0.25, 0.3) is 11.8 Å². The lowest BCUT2D eigenvalue weighted by atomic mass is 10.0. The SMILES string of the molecule is COc1ccc(Cl)cc1N1C(=O)C(c2ccc(C)cc2)=C(N(C)c2ccccc2)C1=O. The summed E-state index contributed by atoms with van der Waals surface area (Å²) < 4.78 is 5.41. The average molecular weight is 433 g/mol. The Morgan fingerprint density at radius 2 is 1.58 bits per heavy atom. The summed E-state index contributed by atoms with van der Waals surface area (Å²) in [5.74, 6) is -0.474. The summed E-state index contributed by atoms with van der Waals surface area (Å²) in [6.07, 6.45) is 0. The molecule has 3 aromatic rings. The van der Waals surface area contributed by atoms with Crippen molar-refractivity contribution in [1.82, 2.24) is 0 Å². The molecule has 31 heavy (non-hydrogen) atoms. The van der Waals surface area contributed by atoms with Crippen LogP contribution in [0.25, 0.3) is 5.57 Å². The summed E-state index contributed by atoms with van der Waals surface area (Å²) in [5, 5.41) is 0.401. The first-order valence-electron chi connectivity index (χ1n) is 9.74. The molecular weight excluding hydrogens is 412 g/mol. The summed E-state index contributed by atoms with van der Waals surface area (Å²) in [6.45, 7) is 1.97. The average Bonchev–Trinajstić information content (AvgIpc) is 3.04. The molecule has 0 N–H and O–H groups in total. The van der Waals surface area contributed by atoms with Gasteiger partial charge >= 0.3 is 0 Å². The number of amides is 2. The fourth-order valence-corrected chi connectivity index (χ4v) is 3.81. The number of ether oxygens (including phenoxy) is 1. The Kier molecular flexibility index (Phi) is 5.53. The first-order valence-corrected chi connectivity index (χ1v) is 10.1. The lowest BCUT2D eigenvalue weighted by Crippen LogP contribution is -2.34. The van der Waals surface area contributed by atoms with Crippen molar-refractivity contribution >= 4 is 40.4 Å². The van der Waals surface area contributed by atoms with Crippen LogP contribution < -0.4 is 14.5 Å². The highest BCUT2D eigenvalue weighted by Crippen LogP contribution is 2.40. The maximum atomic E-state index is 13.7. The molecule has 0 spiro atoms. The number of nitrogens with zero attached hydrogens (tertiary/aromatic N) is 2. The normalized spacial score (nSPS) is 13.7. The number of para-hydroxylation sites is 1. The van der Waals surface area contributed by atoms with E-state index in [1.165, 1.54) is 7.11 Å². The van der Waals surface area contributed by atoms with E-state index in [0.29, 0.717) is 33.3 Å². The smallest absolute Gasteiger partial charge is 0.282 e. The van der Waals surface area contributed by atoms with Gasteiger partial charge in [-0.25, -0.2) is 4.90 Å². The second kappa shape index (κ2) is 8.28. The number of rotatable bonds is 5. The van der Waals surface area contributed by atoms with Gasteiger partial charge in [0.1, 0.15) is 11.4 Å². The summed E-state index contributed by atoms with van der Waals surface area (Å²) in [5.41, 5.74) is 3.47.